The number of imide groups is 1. The van der Waals surface area contributed by atoms with E-state index in [-0.39, 0.29) is 12.2 Å². The predicted octanol–water partition coefficient (Wildman–Crippen LogP) is 3.94. The smallest absolute Gasteiger partial charge is 0.335 e. The van der Waals surface area contributed by atoms with E-state index in [1.807, 2.05) is 0 Å². The Morgan fingerprint density at radius 2 is 1.92 bits per heavy atom. The average molecular weight is 390 g/mol. The minimum absolute atomic E-state index is 0.205. The third-order valence-electron chi connectivity index (χ3n) is 3.49. The summed E-state index contributed by atoms with van der Waals surface area (Å²) in [7, 11) is 0. The number of carbonyl (C=O) groups is 3. The zero-order chi connectivity index (χ0) is 18.7. The molecule has 0 aromatic heterocycles. The van der Waals surface area contributed by atoms with Gasteiger partial charge in [-0.05, 0) is 53.2 Å². The maximum atomic E-state index is 11.6. The lowest BCUT2D eigenvalue weighted by Gasteiger charge is -2.09. The van der Waals surface area contributed by atoms with Crippen LogP contribution < -0.4 is 10.1 Å². The number of benzene rings is 2. The van der Waals surface area contributed by atoms with Crippen molar-refractivity contribution in [2.45, 2.75) is 6.61 Å². The molecule has 2 aromatic rings. The molecule has 1 aliphatic rings. The highest BCUT2D eigenvalue weighted by atomic mass is 35.5. The third-order valence-corrected chi connectivity index (χ3v) is 4.60. The second-order valence-electron chi connectivity index (χ2n) is 5.33. The maximum absolute atomic E-state index is 11.6. The third kappa shape index (κ3) is 4.25. The molecule has 26 heavy (non-hydrogen) atoms. The quantitative estimate of drug-likeness (QED) is 0.752. The standard InChI is InChI=1S/C18H12ClNO5S/c19-13-7-11(8-15-16(21)20-18(24)26-15)3-6-14(13)25-9-10-1-4-12(5-2-10)17(22)23/h1-8H,9H2,(H,22,23)(H,20,21,24)/b15-8-. The van der Waals surface area contributed by atoms with Gasteiger partial charge in [-0.1, -0.05) is 29.8 Å². The van der Waals surface area contributed by atoms with Crippen molar-refractivity contribution in [3.8, 4) is 5.75 Å². The monoisotopic (exact) mass is 389 g/mol. The Labute approximate surface area is 157 Å². The Morgan fingerprint density at radius 3 is 2.50 bits per heavy atom. The van der Waals surface area contributed by atoms with Gasteiger partial charge in [0, 0.05) is 0 Å². The number of halogens is 1. The molecule has 2 aromatic carbocycles. The highest BCUT2D eigenvalue weighted by molar-refractivity contribution is 8.18. The van der Waals surface area contributed by atoms with Crippen LogP contribution in [0.1, 0.15) is 21.5 Å². The zero-order valence-corrected chi connectivity index (χ0v) is 14.8. The lowest BCUT2D eigenvalue weighted by atomic mass is 10.1. The van der Waals surface area contributed by atoms with E-state index in [0.29, 0.717) is 21.2 Å². The second-order valence-corrected chi connectivity index (χ2v) is 6.75. The fourth-order valence-electron chi connectivity index (χ4n) is 2.20. The number of nitrogens with one attached hydrogen (secondary N) is 1. The molecule has 0 bridgehead atoms. The molecule has 2 amide bonds. The molecular weight excluding hydrogens is 378 g/mol. The summed E-state index contributed by atoms with van der Waals surface area (Å²) in [5, 5.41) is 11.0. The number of aromatic carboxylic acids is 1. The summed E-state index contributed by atoms with van der Waals surface area (Å²) in [5.74, 6) is -0.960. The van der Waals surface area contributed by atoms with E-state index in [4.69, 9.17) is 21.4 Å². The molecule has 3 rings (SSSR count). The fraction of sp³-hybridized carbons (Fsp3) is 0.0556. The lowest BCUT2D eigenvalue weighted by molar-refractivity contribution is -0.115. The molecule has 1 fully saturated rings. The predicted molar refractivity (Wildman–Crippen MR) is 98.3 cm³/mol. The molecule has 0 unspecified atom stereocenters. The van der Waals surface area contributed by atoms with E-state index >= 15 is 0 Å². The minimum Gasteiger partial charge on any atom is -0.487 e. The first-order chi connectivity index (χ1) is 12.4. The summed E-state index contributed by atoms with van der Waals surface area (Å²) >= 11 is 7.04. The number of carboxylic acids is 1. The molecule has 1 aliphatic heterocycles. The number of rotatable bonds is 5. The van der Waals surface area contributed by atoms with Gasteiger partial charge in [0.2, 0.25) is 0 Å². The van der Waals surface area contributed by atoms with Crippen molar-refractivity contribution in [3.05, 3.63) is 69.1 Å². The van der Waals surface area contributed by atoms with Crippen molar-refractivity contribution in [2.75, 3.05) is 0 Å². The number of hydrogen-bond donors (Lipinski definition) is 2. The largest absolute Gasteiger partial charge is 0.487 e. The van der Waals surface area contributed by atoms with Crippen LogP contribution in [0.3, 0.4) is 0 Å². The first-order valence-corrected chi connectivity index (χ1v) is 8.61. The maximum Gasteiger partial charge on any atom is 0.335 e. The van der Waals surface area contributed by atoms with Gasteiger partial charge in [-0.25, -0.2) is 4.79 Å². The first kappa shape index (κ1) is 18.0. The molecule has 1 heterocycles. The zero-order valence-electron chi connectivity index (χ0n) is 13.2. The topological polar surface area (TPSA) is 92.7 Å². The Balaban J connectivity index is 1.68. The van der Waals surface area contributed by atoms with Gasteiger partial charge in [0.15, 0.2) is 0 Å². The second kappa shape index (κ2) is 7.63. The summed E-state index contributed by atoms with van der Waals surface area (Å²) < 4.78 is 5.65. The van der Waals surface area contributed by atoms with Crippen LogP contribution in [-0.4, -0.2) is 22.2 Å². The summed E-state index contributed by atoms with van der Waals surface area (Å²) in [5.41, 5.74) is 1.67. The molecule has 1 saturated heterocycles. The summed E-state index contributed by atoms with van der Waals surface area (Å²) in [6.07, 6.45) is 1.57. The van der Waals surface area contributed by atoms with Crippen LogP contribution in [0.5, 0.6) is 5.75 Å². The van der Waals surface area contributed by atoms with Crippen LogP contribution >= 0.6 is 23.4 Å². The molecule has 0 saturated carbocycles. The van der Waals surface area contributed by atoms with Crippen LogP contribution in [0.4, 0.5) is 4.79 Å². The fourth-order valence-corrected chi connectivity index (χ4v) is 3.13. The number of amides is 2. The van der Waals surface area contributed by atoms with Gasteiger partial charge >= 0.3 is 5.97 Å². The Morgan fingerprint density at radius 1 is 1.19 bits per heavy atom. The highest BCUT2D eigenvalue weighted by Gasteiger charge is 2.24. The van der Waals surface area contributed by atoms with E-state index in [1.165, 1.54) is 12.1 Å². The van der Waals surface area contributed by atoms with E-state index < -0.39 is 17.1 Å². The van der Waals surface area contributed by atoms with Gasteiger partial charge in [0.25, 0.3) is 11.1 Å². The number of ether oxygens (including phenoxy) is 1. The van der Waals surface area contributed by atoms with Crippen molar-refractivity contribution in [2.24, 2.45) is 0 Å². The van der Waals surface area contributed by atoms with Crippen molar-refractivity contribution in [1.29, 1.82) is 0 Å². The van der Waals surface area contributed by atoms with E-state index in [1.54, 1.807) is 36.4 Å². The van der Waals surface area contributed by atoms with E-state index in [2.05, 4.69) is 5.32 Å². The summed E-state index contributed by atoms with van der Waals surface area (Å²) in [6.45, 7) is 0.229. The van der Waals surface area contributed by atoms with E-state index in [0.717, 1.165) is 17.3 Å². The minimum atomic E-state index is -0.985. The summed E-state index contributed by atoms with van der Waals surface area (Å²) in [6, 6.07) is 11.4. The Hall–Kier alpha value is -2.77. The molecule has 0 atom stereocenters. The highest BCUT2D eigenvalue weighted by Crippen LogP contribution is 2.30. The van der Waals surface area contributed by atoms with Crippen molar-refractivity contribution >= 4 is 46.6 Å². The molecule has 132 valence electrons. The first-order valence-electron chi connectivity index (χ1n) is 7.42. The van der Waals surface area contributed by atoms with Crippen LogP contribution in [-0.2, 0) is 11.4 Å². The normalized spacial score (nSPS) is 15.2. The van der Waals surface area contributed by atoms with Crippen molar-refractivity contribution in [1.82, 2.24) is 5.32 Å². The molecule has 6 nitrogen and oxygen atoms in total. The number of hydrogen-bond acceptors (Lipinski definition) is 5. The van der Waals surface area contributed by atoms with Gasteiger partial charge in [-0.3, -0.25) is 14.9 Å². The molecule has 8 heteroatoms. The van der Waals surface area contributed by atoms with Gasteiger partial charge < -0.3 is 9.84 Å². The van der Waals surface area contributed by atoms with Gasteiger partial charge in [0.1, 0.15) is 12.4 Å². The molecular formula is C18H12ClNO5S. The van der Waals surface area contributed by atoms with Gasteiger partial charge in [0.05, 0.1) is 15.5 Å². The Kier molecular flexibility index (Phi) is 5.29. The molecule has 2 N–H and O–H groups in total. The van der Waals surface area contributed by atoms with Crippen LogP contribution in [0.2, 0.25) is 5.02 Å². The Bertz CT molecular complexity index is 924. The SMILES string of the molecule is O=C1NC(=O)/C(=C/c2ccc(OCc3ccc(C(=O)O)cc3)c(Cl)c2)S1. The number of carbonyl (C=O) groups excluding carboxylic acids is 2. The average Bonchev–Trinajstić information content (AvgIpc) is 2.91. The lowest BCUT2D eigenvalue weighted by Crippen LogP contribution is -2.17. The van der Waals surface area contributed by atoms with Crippen LogP contribution in [0.25, 0.3) is 6.08 Å². The van der Waals surface area contributed by atoms with Crippen LogP contribution in [0.15, 0.2) is 47.4 Å². The number of carboxylic acid groups (broad SMARTS) is 1. The van der Waals surface area contributed by atoms with Gasteiger partial charge in [-0.15, -0.1) is 0 Å². The molecule has 0 radical (unpaired) electrons. The van der Waals surface area contributed by atoms with Crippen LogP contribution in [0, 0.1) is 0 Å². The summed E-state index contributed by atoms with van der Waals surface area (Å²) in [4.78, 5) is 33.9. The van der Waals surface area contributed by atoms with Crippen molar-refractivity contribution in [3.63, 3.8) is 0 Å². The van der Waals surface area contributed by atoms with E-state index in [9.17, 15) is 14.4 Å². The van der Waals surface area contributed by atoms with Crippen molar-refractivity contribution < 1.29 is 24.2 Å². The molecule has 0 aliphatic carbocycles. The molecule has 0 spiro atoms. The number of thioether (sulfide) groups is 1. The van der Waals surface area contributed by atoms with Gasteiger partial charge in [-0.2, -0.15) is 0 Å².